The third kappa shape index (κ3) is 6.64. The fourth-order valence-corrected chi connectivity index (χ4v) is 5.38. The van der Waals surface area contributed by atoms with E-state index in [9.17, 15) is 24.7 Å². The quantitative estimate of drug-likeness (QED) is 0.190. The van der Waals surface area contributed by atoms with Crippen LogP contribution >= 0.6 is 0 Å². The minimum Gasteiger partial charge on any atom is -0.711 e. The van der Waals surface area contributed by atoms with Crippen molar-refractivity contribution in [3.8, 4) is 5.75 Å². The number of hydrogen-bond acceptors (Lipinski definition) is 6. The third-order valence-electron chi connectivity index (χ3n) is 7.72. The second-order valence-electron chi connectivity index (χ2n) is 10.7. The first-order valence-corrected chi connectivity index (χ1v) is 14.3. The van der Waals surface area contributed by atoms with Crippen molar-refractivity contribution in [2.24, 2.45) is 0 Å². The van der Waals surface area contributed by atoms with Gasteiger partial charge in [0.2, 0.25) is 0 Å². The summed E-state index contributed by atoms with van der Waals surface area (Å²) >= 11 is 0. The number of carboxylic acid groups (broad SMARTS) is 1. The first-order chi connectivity index (χ1) is 21.3. The maximum atomic E-state index is 13.1. The molecule has 0 aliphatic carbocycles. The van der Waals surface area contributed by atoms with Gasteiger partial charge in [0, 0.05) is 24.4 Å². The number of rotatable bonds is 11. The fraction of sp³-hybridized carbons (Fsp3) is 0.235. The molecule has 1 aliphatic rings. The van der Waals surface area contributed by atoms with Gasteiger partial charge in [-0.3, -0.25) is 9.59 Å². The number of ether oxygens (including phenoxy) is 2. The van der Waals surface area contributed by atoms with Crippen molar-refractivity contribution in [3.05, 3.63) is 125 Å². The van der Waals surface area contributed by atoms with Gasteiger partial charge in [-0.25, -0.2) is 4.73 Å². The van der Waals surface area contributed by atoms with Crippen LogP contribution < -0.4 is 19.3 Å². The molecule has 4 aromatic rings. The van der Waals surface area contributed by atoms with Crippen LogP contribution in [0.2, 0.25) is 0 Å². The minimum absolute atomic E-state index is 0.0449. The predicted octanol–water partition coefficient (Wildman–Crippen LogP) is 5.06. The zero-order valence-electron chi connectivity index (χ0n) is 24.3. The van der Waals surface area contributed by atoms with E-state index in [0.717, 1.165) is 16.7 Å². The number of aromatic nitrogens is 1. The Bertz CT molecular complexity index is 1630. The molecule has 0 saturated heterocycles. The Morgan fingerprint density at radius 3 is 2.41 bits per heavy atom. The Hall–Kier alpha value is -5.38. The van der Waals surface area contributed by atoms with Gasteiger partial charge in [-0.2, -0.15) is 9.69 Å². The van der Waals surface area contributed by atoms with Crippen LogP contribution in [0, 0.1) is 5.21 Å². The van der Waals surface area contributed by atoms with E-state index in [-0.39, 0.29) is 44.4 Å². The normalized spacial score (nSPS) is 13.8. The van der Waals surface area contributed by atoms with Gasteiger partial charge in [-0.05, 0) is 34.9 Å². The van der Waals surface area contributed by atoms with Crippen LogP contribution in [0.3, 0.4) is 0 Å². The molecule has 3 aromatic carbocycles. The SMILES string of the molecule is CC(CC(=O)O)(c1ccccc1)c1ccc2c(c1)OCC(=O)N2CCCN(C(=O)OCc1ccccc1)c1cccc[n+]1[O-]. The highest BCUT2D eigenvalue weighted by Crippen LogP contribution is 2.41. The van der Waals surface area contributed by atoms with Crippen LogP contribution in [-0.2, 0) is 26.3 Å². The highest BCUT2D eigenvalue weighted by Gasteiger charge is 2.35. The largest absolute Gasteiger partial charge is 0.711 e. The maximum absolute atomic E-state index is 13.1. The molecule has 10 nitrogen and oxygen atoms in total. The number of hydrogen-bond donors (Lipinski definition) is 1. The first kappa shape index (κ1) is 30.1. The molecule has 2 amide bonds. The Balaban J connectivity index is 1.34. The number of carbonyl (C=O) groups is 3. The number of carbonyl (C=O) groups excluding carboxylic acids is 2. The van der Waals surface area contributed by atoms with Gasteiger partial charge >= 0.3 is 12.1 Å². The van der Waals surface area contributed by atoms with E-state index < -0.39 is 17.5 Å². The summed E-state index contributed by atoms with van der Waals surface area (Å²) in [6.45, 7) is 2.10. The van der Waals surface area contributed by atoms with Crippen LogP contribution in [0.1, 0.15) is 36.5 Å². The Kier molecular flexibility index (Phi) is 9.09. The third-order valence-corrected chi connectivity index (χ3v) is 7.72. The predicted molar refractivity (Wildman–Crippen MR) is 163 cm³/mol. The molecular weight excluding hydrogens is 562 g/mol. The van der Waals surface area contributed by atoms with Gasteiger partial charge < -0.3 is 24.7 Å². The average Bonchev–Trinajstić information content (AvgIpc) is 3.03. The summed E-state index contributed by atoms with van der Waals surface area (Å²) in [7, 11) is 0. The van der Waals surface area contributed by atoms with Gasteiger partial charge in [0.25, 0.3) is 11.7 Å². The lowest BCUT2D eigenvalue weighted by atomic mass is 9.73. The van der Waals surface area contributed by atoms with Crippen LogP contribution in [0.25, 0.3) is 0 Å². The number of aliphatic carboxylic acids is 1. The van der Waals surface area contributed by atoms with Crippen molar-refractivity contribution in [1.82, 2.24) is 0 Å². The van der Waals surface area contributed by atoms with E-state index in [0.29, 0.717) is 22.6 Å². The topological polar surface area (TPSA) is 123 Å². The second-order valence-corrected chi connectivity index (χ2v) is 10.7. The Morgan fingerprint density at radius 1 is 1.00 bits per heavy atom. The Morgan fingerprint density at radius 2 is 1.70 bits per heavy atom. The molecule has 2 heterocycles. The van der Waals surface area contributed by atoms with Gasteiger partial charge in [0.05, 0.1) is 24.8 Å². The highest BCUT2D eigenvalue weighted by molar-refractivity contribution is 5.98. The fourth-order valence-electron chi connectivity index (χ4n) is 5.38. The number of carboxylic acids is 1. The summed E-state index contributed by atoms with van der Waals surface area (Å²) in [5, 5.41) is 22.3. The van der Waals surface area contributed by atoms with Gasteiger partial charge in [-0.1, -0.05) is 79.7 Å². The summed E-state index contributed by atoms with van der Waals surface area (Å²) in [4.78, 5) is 40.8. The molecule has 0 radical (unpaired) electrons. The number of nitrogens with zero attached hydrogens (tertiary/aromatic N) is 3. The van der Waals surface area contributed by atoms with E-state index in [2.05, 4.69) is 0 Å². The lowest BCUT2D eigenvalue weighted by Gasteiger charge is -2.33. The standard InChI is InChI=1S/C34H33N3O7/c1-34(22-32(39)40,26-13-6-3-7-14-26)27-16-17-28-29(21-27)43-24-31(38)35(28)18-10-19-36(30-15-8-9-20-37(30)42)33(41)44-23-25-11-4-2-5-12-25/h2-9,11-17,20-21H,10,18-19,22-24H2,1H3,(H,39,40). The maximum Gasteiger partial charge on any atom is 0.507 e. The molecule has 5 rings (SSSR count). The van der Waals surface area contributed by atoms with Gasteiger partial charge in [-0.15, -0.1) is 0 Å². The smallest absolute Gasteiger partial charge is 0.507 e. The summed E-state index contributed by atoms with van der Waals surface area (Å²) in [6, 6.07) is 28.8. The van der Waals surface area contributed by atoms with Gasteiger partial charge in [0.1, 0.15) is 12.4 Å². The van der Waals surface area contributed by atoms with E-state index in [1.165, 1.54) is 17.2 Å². The molecule has 10 heteroatoms. The minimum atomic E-state index is -0.934. The summed E-state index contributed by atoms with van der Waals surface area (Å²) in [5.41, 5.74) is 2.12. The second kappa shape index (κ2) is 13.3. The molecular formula is C34H33N3O7. The first-order valence-electron chi connectivity index (χ1n) is 14.3. The molecule has 0 saturated carbocycles. The number of anilines is 2. The lowest BCUT2D eigenvalue weighted by molar-refractivity contribution is -0.591. The molecule has 1 N–H and O–H groups in total. The molecule has 0 fully saturated rings. The van der Waals surface area contributed by atoms with Crippen molar-refractivity contribution in [2.75, 3.05) is 29.5 Å². The zero-order chi connectivity index (χ0) is 31.1. The molecule has 0 bridgehead atoms. The lowest BCUT2D eigenvalue weighted by Crippen LogP contribution is -2.44. The highest BCUT2D eigenvalue weighted by atomic mass is 16.6. The number of fused-ring (bicyclic) bond motifs is 1. The van der Waals surface area contributed by atoms with Crippen molar-refractivity contribution in [3.63, 3.8) is 0 Å². The van der Waals surface area contributed by atoms with Gasteiger partial charge in [0.15, 0.2) is 6.61 Å². The van der Waals surface area contributed by atoms with Crippen LogP contribution in [0.4, 0.5) is 16.3 Å². The average molecular weight is 596 g/mol. The monoisotopic (exact) mass is 595 g/mol. The number of amides is 2. The van der Waals surface area contributed by atoms with E-state index in [4.69, 9.17) is 9.47 Å². The molecule has 1 aromatic heterocycles. The van der Waals surface area contributed by atoms with E-state index in [1.54, 1.807) is 29.2 Å². The van der Waals surface area contributed by atoms with Crippen molar-refractivity contribution >= 4 is 29.5 Å². The molecule has 226 valence electrons. The molecule has 0 spiro atoms. The number of pyridine rings is 1. The molecule has 1 atom stereocenters. The van der Waals surface area contributed by atoms with E-state index >= 15 is 0 Å². The summed E-state index contributed by atoms with van der Waals surface area (Å²) in [5.74, 6) is -0.605. The zero-order valence-corrected chi connectivity index (χ0v) is 24.3. The van der Waals surface area contributed by atoms with Crippen molar-refractivity contribution in [1.29, 1.82) is 0 Å². The van der Waals surface area contributed by atoms with Crippen molar-refractivity contribution < 1.29 is 33.7 Å². The number of benzene rings is 3. The molecule has 1 aliphatic heterocycles. The van der Waals surface area contributed by atoms with Crippen molar-refractivity contribution in [2.45, 2.75) is 31.8 Å². The summed E-state index contributed by atoms with van der Waals surface area (Å²) in [6.07, 6.45) is 0.831. The molecule has 1 unspecified atom stereocenters. The Labute approximate surface area is 255 Å². The van der Waals surface area contributed by atoms with Crippen LogP contribution in [0.5, 0.6) is 5.75 Å². The van der Waals surface area contributed by atoms with Crippen LogP contribution in [-0.4, -0.2) is 42.8 Å². The summed E-state index contributed by atoms with van der Waals surface area (Å²) < 4.78 is 11.9. The van der Waals surface area contributed by atoms with Crippen LogP contribution in [0.15, 0.2) is 103 Å². The molecule has 44 heavy (non-hydrogen) atoms. The van der Waals surface area contributed by atoms with E-state index in [1.807, 2.05) is 73.7 Å².